The highest BCUT2D eigenvalue weighted by Crippen LogP contribution is 2.16. The quantitative estimate of drug-likeness (QED) is 0.827. The second-order valence-corrected chi connectivity index (χ2v) is 5.96. The van der Waals surface area contributed by atoms with E-state index >= 15 is 0 Å². The third-order valence-corrected chi connectivity index (χ3v) is 3.97. The Bertz CT molecular complexity index is 589. The third kappa shape index (κ3) is 4.19. The number of hydrogen-bond donors (Lipinski definition) is 2. The molecule has 0 aliphatic rings. The minimum Gasteiger partial charge on any atom is -0.423 e. The Kier molecular flexibility index (Phi) is 5.21. The zero-order chi connectivity index (χ0) is 15.4. The van der Waals surface area contributed by atoms with Crippen LogP contribution in [0.15, 0.2) is 42.5 Å². The molecule has 2 N–H and O–H groups in total. The van der Waals surface area contributed by atoms with E-state index in [4.69, 9.17) is 0 Å². The number of benzene rings is 2. The maximum Gasteiger partial charge on any atom is 0.488 e. The van der Waals surface area contributed by atoms with Gasteiger partial charge in [-0.25, -0.2) is 0 Å². The Morgan fingerprint density at radius 2 is 1.48 bits per heavy atom. The summed E-state index contributed by atoms with van der Waals surface area (Å²) in [7, 11) is -1.39. The van der Waals surface area contributed by atoms with E-state index in [2.05, 4.69) is 44.2 Å². The van der Waals surface area contributed by atoms with Crippen LogP contribution in [0.4, 0.5) is 0 Å². The molecule has 3 heteroatoms. The van der Waals surface area contributed by atoms with E-state index in [0.29, 0.717) is 11.4 Å². The van der Waals surface area contributed by atoms with E-state index in [1.807, 2.05) is 19.1 Å². The summed E-state index contributed by atoms with van der Waals surface area (Å²) < 4.78 is 0. The van der Waals surface area contributed by atoms with E-state index in [0.717, 1.165) is 24.0 Å². The van der Waals surface area contributed by atoms with Gasteiger partial charge in [0.05, 0.1) is 0 Å². The molecule has 0 radical (unpaired) electrons. The van der Waals surface area contributed by atoms with Crippen molar-refractivity contribution >= 4 is 12.6 Å². The van der Waals surface area contributed by atoms with Crippen LogP contribution in [0.3, 0.4) is 0 Å². The van der Waals surface area contributed by atoms with Gasteiger partial charge >= 0.3 is 7.12 Å². The predicted molar refractivity (Wildman–Crippen MR) is 88.9 cm³/mol. The Morgan fingerprint density at radius 3 is 2.05 bits per heavy atom. The van der Waals surface area contributed by atoms with Crippen LogP contribution in [0.1, 0.15) is 42.0 Å². The fourth-order valence-corrected chi connectivity index (χ4v) is 2.48. The van der Waals surface area contributed by atoms with Gasteiger partial charge in [0.2, 0.25) is 0 Å². The average Bonchev–Trinajstić information content (AvgIpc) is 2.46. The fourth-order valence-electron chi connectivity index (χ4n) is 2.48. The van der Waals surface area contributed by atoms with E-state index in [1.165, 1.54) is 11.1 Å². The van der Waals surface area contributed by atoms with Crippen molar-refractivity contribution in [3.05, 3.63) is 64.7 Å². The van der Waals surface area contributed by atoms with Crippen LogP contribution in [-0.2, 0) is 12.8 Å². The van der Waals surface area contributed by atoms with Gasteiger partial charge in [0, 0.05) is 0 Å². The molecule has 110 valence electrons. The highest BCUT2D eigenvalue weighted by Gasteiger charge is 2.14. The second-order valence-electron chi connectivity index (χ2n) is 5.96. The predicted octanol–water partition coefficient (Wildman–Crippen LogP) is 2.58. The summed E-state index contributed by atoms with van der Waals surface area (Å²) in [6, 6.07) is 14.7. The lowest BCUT2D eigenvalue weighted by Gasteiger charge is -2.09. The maximum absolute atomic E-state index is 9.35. The van der Waals surface area contributed by atoms with Crippen molar-refractivity contribution < 1.29 is 10.0 Å². The molecule has 2 nitrogen and oxygen atoms in total. The minimum atomic E-state index is -1.39. The Balaban J connectivity index is 2.04. The first kappa shape index (κ1) is 15.8. The van der Waals surface area contributed by atoms with Crippen LogP contribution >= 0.6 is 0 Å². The molecule has 0 bridgehead atoms. The van der Waals surface area contributed by atoms with E-state index < -0.39 is 7.12 Å². The molecule has 2 aromatic carbocycles. The molecule has 0 saturated carbocycles. The highest BCUT2D eigenvalue weighted by molar-refractivity contribution is 6.59. The zero-order valence-corrected chi connectivity index (χ0v) is 13.0. The lowest BCUT2D eigenvalue weighted by atomic mass is 9.76. The first-order valence-corrected chi connectivity index (χ1v) is 7.51. The topological polar surface area (TPSA) is 40.5 Å². The van der Waals surface area contributed by atoms with Gasteiger partial charge < -0.3 is 10.0 Å². The highest BCUT2D eigenvalue weighted by atomic mass is 16.4. The lowest BCUT2D eigenvalue weighted by molar-refractivity contribution is 0.425. The van der Waals surface area contributed by atoms with Crippen molar-refractivity contribution in [2.24, 2.45) is 0 Å². The van der Waals surface area contributed by atoms with Crippen molar-refractivity contribution in [2.45, 2.75) is 39.5 Å². The standard InChI is InChI=1S/C18H23BO2/c1-13(2)17-10-8-15(9-11-17)6-7-16-5-4-14(3)18(12-16)19(20)21/h4-5,8-13,20-21H,6-7H2,1-3H3. The van der Waals surface area contributed by atoms with Crippen LogP contribution in [0.5, 0.6) is 0 Å². The van der Waals surface area contributed by atoms with Crippen molar-refractivity contribution in [1.82, 2.24) is 0 Å². The molecule has 0 heterocycles. The molecule has 0 amide bonds. The second kappa shape index (κ2) is 6.92. The van der Waals surface area contributed by atoms with Crippen LogP contribution < -0.4 is 5.46 Å². The molecule has 0 aromatic heterocycles. The molecule has 0 fully saturated rings. The normalized spacial score (nSPS) is 11.0. The van der Waals surface area contributed by atoms with E-state index in [-0.39, 0.29) is 0 Å². The van der Waals surface area contributed by atoms with Gasteiger partial charge in [-0.1, -0.05) is 61.9 Å². The van der Waals surface area contributed by atoms with Gasteiger partial charge in [0.1, 0.15) is 0 Å². The summed E-state index contributed by atoms with van der Waals surface area (Å²) in [6.45, 7) is 6.29. The summed E-state index contributed by atoms with van der Waals surface area (Å²) in [6.07, 6.45) is 1.86. The van der Waals surface area contributed by atoms with Crippen molar-refractivity contribution in [1.29, 1.82) is 0 Å². The Labute approximate surface area is 127 Å². The fraction of sp³-hybridized carbons (Fsp3) is 0.333. The van der Waals surface area contributed by atoms with Gasteiger partial charge in [0.25, 0.3) is 0 Å². The lowest BCUT2D eigenvalue weighted by Crippen LogP contribution is -2.32. The largest absolute Gasteiger partial charge is 0.488 e. The third-order valence-electron chi connectivity index (χ3n) is 3.97. The Hall–Kier alpha value is -1.58. The average molecular weight is 282 g/mol. The Morgan fingerprint density at radius 1 is 0.905 bits per heavy atom. The van der Waals surface area contributed by atoms with Crippen molar-refractivity contribution in [2.75, 3.05) is 0 Å². The van der Waals surface area contributed by atoms with Crippen molar-refractivity contribution in [3.63, 3.8) is 0 Å². The van der Waals surface area contributed by atoms with Gasteiger partial charge in [0.15, 0.2) is 0 Å². The molecular formula is C18H23BO2. The maximum atomic E-state index is 9.35. The van der Waals surface area contributed by atoms with Gasteiger partial charge in [-0.05, 0) is 47.8 Å². The smallest absolute Gasteiger partial charge is 0.423 e. The molecule has 0 atom stereocenters. The first-order chi connectivity index (χ1) is 9.97. The summed E-state index contributed by atoms with van der Waals surface area (Å²) in [4.78, 5) is 0. The molecule has 0 saturated heterocycles. The van der Waals surface area contributed by atoms with Crippen molar-refractivity contribution in [3.8, 4) is 0 Å². The number of rotatable bonds is 5. The van der Waals surface area contributed by atoms with E-state index in [9.17, 15) is 10.0 Å². The SMILES string of the molecule is Cc1ccc(CCc2ccc(C(C)C)cc2)cc1B(O)O. The number of aryl methyl sites for hydroxylation is 3. The molecule has 2 aromatic rings. The van der Waals surface area contributed by atoms with E-state index in [1.54, 1.807) is 0 Å². The van der Waals surface area contributed by atoms with Gasteiger partial charge in [-0.15, -0.1) is 0 Å². The monoisotopic (exact) mass is 282 g/mol. The molecule has 0 unspecified atom stereocenters. The van der Waals surface area contributed by atoms with Crippen LogP contribution in [0.2, 0.25) is 0 Å². The molecular weight excluding hydrogens is 259 g/mol. The molecule has 21 heavy (non-hydrogen) atoms. The summed E-state index contributed by atoms with van der Waals surface area (Å²) in [5.41, 5.74) is 5.32. The summed E-state index contributed by atoms with van der Waals surface area (Å²) in [5, 5.41) is 18.7. The summed E-state index contributed by atoms with van der Waals surface area (Å²) in [5.74, 6) is 0.560. The molecule has 0 aliphatic carbocycles. The molecule has 2 rings (SSSR count). The molecule has 0 aliphatic heterocycles. The zero-order valence-electron chi connectivity index (χ0n) is 13.0. The van der Waals surface area contributed by atoms with Gasteiger partial charge in [-0.3, -0.25) is 0 Å². The number of hydrogen-bond acceptors (Lipinski definition) is 2. The van der Waals surface area contributed by atoms with Gasteiger partial charge in [-0.2, -0.15) is 0 Å². The van der Waals surface area contributed by atoms with Crippen LogP contribution in [0, 0.1) is 6.92 Å². The first-order valence-electron chi connectivity index (χ1n) is 7.51. The summed E-state index contributed by atoms with van der Waals surface area (Å²) >= 11 is 0. The van der Waals surface area contributed by atoms with Crippen LogP contribution in [0.25, 0.3) is 0 Å². The minimum absolute atomic E-state index is 0.560. The van der Waals surface area contributed by atoms with Crippen LogP contribution in [-0.4, -0.2) is 17.2 Å². The molecule has 0 spiro atoms.